The van der Waals surface area contributed by atoms with Crippen molar-refractivity contribution in [3.05, 3.63) is 82.7 Å². The number of hydrogen-bond acceptors (Lipinski definition) is 8. The Balaban J connectivity index is 1.32. The molecule has 2 amide bonds. The minimum Gasteiger partial charge on any atom is -0.379 e. The van der Waals surface area contributed by atoms with Crippen molar-refractivity contribution in [2.45, 2.75) is 29.7 Å². The van der Waals surface area contributed by atoms with E-state index in [9.17, 15) is 18.0 Å². The summed E-state index contributed by atoms with van der Waals surface area (Å²) in [4.78, 5) is 33.9. The van der Waals surface area contributed by atoms with Crippen LogP contribution in [0.5, 0.6) is 0 Å². The second kappa shape index (κ2) is 11.8. The SMILES string of the molecule is Cc1cc(C)nc(SCc2ccc(C(=O)NNC(=O)c3cccc(S(=O)(=O)N4CCOCC4)c3)cc2)n1. The third-order valence-corrected chi connectivity index (χ3v) is 8.35. The van der Waals surface area contributed by atoms with Gasteiger partial charge >= 0.3 is 0 Å². The van der Waals surface area contributed by atoms with Crippen LogP contribution in [0.15, 0.2) is 64.6 Å². The average molecular weight is 542 g/mol. The van der Waals surface area contributed by atoms with Gasteiger partial charge in [-0.05, 0) is 55.8 Å². The predicted octanol–water partition coefficient (Wildman–Crippen LogP) is 2.48. The normalized spacial score (nSPS) is 14.2. The Morgan fingerprint density at radius 2 is 1.54 bits per heavy atom. The zero-order chi connectivity index (χ0) is 26.4. The molecule has 0 saturated carbocycles. The van der Waals surface area contributed by atoms with E-state index in [1.54, 1.807) is 12.1 Å². The number of thioether (sulfide) groups is 1. The van der Waals surface area contributed by atoms with E-state index in [4.69, 9.17) is 4.74 Å². The Hall–Kier alpha value is -3.32. The highest BCUT2D eigenvalue weighted by molar-refractivity contribution is 7.98. The number of ether oxygens (including phenoxy) is 1. The Kier molecular flexibility index (Phi) is 8.54. The van der Waals surface area contributed by atoms with E-state index in [2.05, 4.69) is 20.8 Å². The van der Waals surface area contributed by atoms with Crippen molar-refractivity contribution in [1.29, 1.82) is 0 Å². The summed E-state index contributed by atoms with van der Waals surface area (Å²) >= 11 is 1.51. The summed E-state index contributed by atoms with van der Waals surface area (Å²) in [5, 5.41) is 0.698. The van der Waals surface area contributed by atoms with Gasteiger partial charge in [-0.15, -0.1) is 0 Å². The predicted molar refractivity (Wildman–Crippen MR) is 138 cm³/mol. The number of rotatable bonds is 7. The summed E-state index contributed by atoms with van der Waals surface area (Å²) in [6.45, 7) is 5.01. The summed E-state index contributed by atoms with van der Waals surface area (Å²) in [5.74, 6) is -0.485. The quantitative estimate of drug-likeness (QED) is 0.265. The highest BCUT2D eigenvalue weighted by atomic mass is 32.2. The van der Waals surface area contributed by atoms with E-state index in [-0.39, 0.29) is 23.5 Å². The van der Waals surface area contributed by atoms with Crippen molar-refractivity contribution < 1.29 is 22.7 Å². The first kappa shape index (κ1) is 26.7. The van der Waals surface area contributed by atoms with Gasteiger partial charge in [0.25, 0.3) is 11.8 Å². The van der Waals surface area contributed by atoms with E-state index in [1.807, 2.05) is 32.0 Å². The third-order valence-electron chi connectivity index (χ3n) is 5.54. The molecule has 1 aliphatic heterocycles. The van der Waals surface area contributed by atoms with Gasteiger partial charge in [-0.1, -0.05) is 30.0 Å². The van der Waals surface area contributed by atoms with E-state index in [0.717, 1.165) is 17.0 Å². The topological polar surface area (TPSA) is 131 Å². The lowest BCUT2D eigenvalue weighted by Gasteiger charge is -2.26. The van der Waals surface area contributed by atoms with Gasteiger partial charge in [0.05, 0.1) is 18.1 Å². The smallest absolute Gasteiger partial charge is 0.269 e. The molecular formula is C25H27N5O5S2. The molecule has 4 rings (SSSR count). The molecule has 0 spiro atoms. The first-order valence-electron chi connectivity index (χ1n) is 11.5. The molecule has 0 bridgehead atoms. The molecule has 0 radical (unpaired) electrons. The Morgan fingerprint density at radius 3 is 2.19 bits per heavy atom. The molecule has 194 valence electrons. The van der Waals surface area contributed by atoms with Crippen molar-refractivity contribution in [2.24, 2.45) is 0 Å². The number of carbonyl (C=O) groups is 2. The number of sulfonamides is 1. The van der Waals surface area contributed by atoms with E-state index < -0.39 is 21.8 Å². The lowest BCUT2D eigenvalue weighted by Crippen LogP contribution is -2.42. The number of aryl methyl sites for hydroxylation is 2. The summed E-state index contributed by atoms with van der Waals surface area (Å²) in [5.41, 5.74) is 7.99. The Bertz CT molecular complexity index is 1370. The maximum atomic E-state index is 12.9. The average Bonchev–Trinajstić information content (AvgIpc) is 2.90. The molecule has 10 nitrogen and oxygen atoms in total. The molecule has 0 atom stereocenters. The van der Waals surface area contributed by atoms with Gasteiger partial charge in [0.2, 0.25) is 10.0 Å². The van der Waals surface area contributed by atoms with Crippen LogP contribution < -0.4 is 10.9 Å². The molecule has 0 aliphatic carbocycles. The number of hydrogen-bond donors (Lipinski definition) is 2. The maximum Gasteiger partial charge on any atom is 0.269 e. The fourth-order valence-electron chi connectivity index (χ4n) is 3.65. The summed E-state index contributed by atoms with van der Waals surface area (Å²) in [6, 6.07) is 14.6. The van der Waals surface area contributed by atoms with Crippen LogP contribution in [0.2, 0.25) is 0 Å². The van der Waals surface area contributed by atoms with Gasteiger partial charge < -0.3 is 4.74 Å². The van der Waals surface area contributed by atoms with Gasteiger partial charge in [0.1, 0.15) is 0 Å². The zero-order valence-corrected chi connectivity index (χ0v) is 22.1. The largest absolute Gasteiger partial charge is 0.379 e. The van der Waals surface area contributed by atoms with E-state index in [0.29, 0.717) is 29.7 Å². The molecule has 12 heteroatoms. The second-order valence-electron chi connectivity index (χ2n) is 8.37. The monoisotopic (exact) mass is 541 g/mol. The van der Waals surface area contributed by atoms with Gasteiger partial charge in [0.15, 0.2) is 5.16 Å². The first-order valence-corrected chi connectivity index (χ1v) is 14.0. The number of benzene rings is 2. The molecule has 1 aliphatic rings. The number of aromatic nitrogens is 2. The summed E-state index contributed by atoms with van der Waals surface area (Å²) < 4.78 is 32.3. The number of nitrogens with one attached hydrogen (secondary N) is 2. The standard InChI is InChI=1S/C25H27N5O5S2/c1-17-14-18(2)27-25(26-17)36-16-19-6-8-20(9-7-19)23(31)28-29-24(32)21-4-3-5-22(15-21)37(33,34)30-10-12-35-13-11-30/h3-9,14-15H,10-13,16H2,1-2H3,(H,28,31)(H,29,32). The maximum absolute atomic E-state index is 12.9. The van der Waals surface area contributed by atoms with Crippen molar-refractivity contribution in [3.8, 4) is 0 Å². The molecule has 1 saturated heterocycles. The molecule has 37 heavy (non-hydrogen) atoms. The lowest BCUT2D eigenvalue weighted by molar-refractivity contribution is 0.0730. The fraction of sp³-hybridized carbons (Fsp3) is 0.280. The highest BCUT2D eigenvalue weighted by Crippen LogP contribution is 2.21. The molecular weight excluding hydrogens is 514 g/mol. The zero-order valence-electron chi connectivity index (χ0n) is 20.4. The lowest BCUT2D eigenvalue weighted by atomic mass is 10.1. The number of hydrazine groups is 1. The van der Waals surface area contributed by atoms with Gasteiger partial charge in [-0.3, -0.25) is 20.4 Å². The number of carbonyl (C=O) groups excluding carboxylic acids is 2. The minimum absolute atomic E-state index is 0.00746. The van der Waals surface area contributed by atoms with Gasteiger partial charge in [-0.25, -0.2) is 18.4 Å². The first-order chi connectivity index (χ1) is 17.7. The molecule has 2 heterocycles. The van der Waals surface area contributed by atoms with Crippen LogP contribution in [0.1, 0.15) is 37.7 Å². The molecule has 1 fully saturated rings. The van der Waals surface area contributed by atoms with Crippen molar-refractivity contribution >= 4 is 33.6 Å². The molecule has 0 unspecified atom stereocenters. The van der Waals surface area contributed by atoms with Crippen molar-refractivity contribution in [1.82, 2.24) is 25.1 Å². The summed E-state index contributed by atoms with van der Waals surface area (Å²) in [7, 11) is -3.75. The number of amides is 2. The van der Waals surface area contributed by atoms with Crippen molar-refractivity contribution in [2.75, 3.05) is 26.3 Å². The molecule has 2 N–H and O–H groups in total. The van der Waals surface area contributed by atoms with Crippen LogP contribution in [0.25, 0.3) is 0 Å². The third kappa shape index (κ3) is 6.92. The van der Waals surface area contributed by atoms with Gasteiger partial charge in [0, 0.05) is 41.4 Å². The van der Waals surface area contributed by atoms with Crippen molar-refractivity contribution in [3.63, 3.8) is 0 Å². The molecule has 2 aromatic carbocycles. The highest BCUT2D eigenvalue weighted by Gasteiger charge is 2.27. The fourth-order valence-corrected chi connectivity index (χ4v) is 6.01. The van der Waals surface area contributed by atoms with Gasteiger partial charge in [-0.2, -0.15) is 4.31 Å². The van der Waals surface area contributed by atoms with Crippen LogP contribution in [0, 0.1) is 13.8 Å². The molecule has 3 aromatic rings. The summed E-state index contributed by atoms with van der Waals surface area (Å²) in [6.07, 6.45) is 0. The van der Waals surface area contributed by atoms with Crippen LogP contribution in [-0.2, 0) is 20.5 Å². The van der Waals surface area contributed by atoms with Crippen LogP contribution in [-0.4, -0.2) is 60.8 Å². The van der Waals surface area contributed by atoms with Crippen LogP contribution >= 0.6 is 11.8 Å². The number of nitrogens with zero attached hydrogens (tertiary/aromatic N) is 3. The van der Waals surface area contributed by atoms with Crippen LogP contribution in [0.3, 0.4) is 0 Å². The minimum atomic E-state index is -3.75. The second-order valence-corrected chi connectivity index (χ2v) is 11.3. The Morgan fingerprint density at radius 1 is 0.919 bits per heavy atom. The number of morpholine rings is 1. The molecule has 1 aromatic heterocycles. The van der Waals surface area contributed by atoms with E-state index in [1.165, 1.54) is 40.3 Å². The van der Waals surface area contributed by atoms with Crippen LogP contribution in [0.4, 0.5) is 0 Å². The Labute approximate surface area is 219 Å². The van der Waals surface area contributed by atoms with E-state index >= 15 is 0 Å².